The van der Waals surface area contributed by atoms with E-state index >= 15 is 0 Å². The third kappa shape index (κ3) is 1.97. The number of hydrogen-bond donors (Lipinski definition) is 1. The number of anilines is 1. The van der Waals surface area contributed by atoms with Gasteiger partial charge in [0.2, 0.25) is 0 Å². The van der Waals surface area contributed by atoms with Gasteiger partial charge < -0.3 is 10.0 Å². The van der Waals surface area contributed by atoms with Crippen molar-refractivity contribution < 1.29 is 5.11 Å². The Balaban J connectivity index is 2.55. The number of pyridine rings is 1. The number of rotatable bonds is 4. The Morgan fingerprint density at radius 1 is 1.28 bits per heavy atom. The molecule has 0 saturated heterocycles. The lowest BCUT2D eigenvalue weighted by Gasteiger charge is -2.16. The quantitative estimate of drug-likeness (QED) is 0.795. The molecular weight excluding hydrogens is 230 g/mol. The van der Waals surface area contributed by atoms with Crippen LogP contribution in [0.2, 0.25) is 0 Å². The van der Waals surface area contributed by atoms with Crippen molar-refractivity contribution in [1.29, 1.82) is 10.5 Å². The zero-order valence-corrected chi connectivity index (χ0v) is 9.61. The number of nitrogens with zero attached hydrogens (tertiary/aromatic N) is 5. The number of fused-ring (bicyclic) bond motifs is 1. The van der Waals surface area contributed by atoms with Crippen LogP contribution in [0.1, 0.15) is 5.69 Å². The zero-order valence-electron chi connectivity index (χ0n) is 9.61. The van der Waals surface area contributed by atoms with Gasteiger partial charge in [-0.1, -0.05) is 6.07 Å². The minimum Gasteiger partial charge on any atom is -0.390 e. The largest absolute Gasteiger partial charge is 0.390 e. The van der Waals surface area contributed by atoms with E-state index in [1.165, 1.54) is 0 Å². The first kappa shape index (κ1) is 11.9. The molecule has 6 heteroatoms. The number of aliphatic hydroxyl groups is 1. The molecule has 0 aromatic carbocycles. The maximum absolute atomic E-state index is 9.44. The van der Waals surface area contributed by atoms with Gasteiger partial charge in [0.05, 0.1) is 24.4 Å². The maximum atomic E-state index is 9.44. The van der Waals surface area contributed by atoms with Crippen LogP contribution in [0.5, 0.6) is 0 Å². The van der Waals surface area contributed by atoms with Gasteiger partial charge in [-0.05, 0) is 12.1 Å². The third-order valence-electron chi connectivity index (χ3n) is 2.58. The Kier molecular flexibility index (Phi) is 3.42. The Morgan fingerprint density at radius 2 is 2.00 bits per heavy atom. The topological polar surface area (TPSA) is 88.4 Å². The van der Waals surface area contributed by atoms with Crippen LogP contribution in [-0.2, 0) is 6.61 Å². The van der Waals surface area contributed by atoms with Gasteiger partial charge in [-0.25, -0.2) is 4.98 Å². The molecule has 0 aliphatic rings. The Labute approximate surface area is 104 Å². The van der Waals surface area contributed by atoms with Crippen LogP contribution < -0.4 is 4.90 Å². The molecule has 1 N–H and O–H groups in total. The fourth-order valence-corrected chi connectivity index (χ4v) is 1.81. The summed E-state index contributed by atoms with van der Waals surface area (Å²) in [5.74, 6) is 0.479. The highest BCUT2D eigenvalue weighted by atomic mass is 16.3. The zero-order chi connectivity index (χ0) is 13.0. The molecule has 0 fully saturated rings. The predicted molar refractivity (Wildman–Crippen MR) is 64.6 cm³/mol. The summed E-state index contributed by atoms with van der Waals surface area (Å²) in [5, 5.41) is 27.0. The molecule has 0 unspecified atom stereocenters. The fraction of sp³-hybridized carbons (Fsp3) is 0.250. The van der Waals surface area contributed by atoms with Crippen molar-refractivity contribution in [3.63, 3.8) is 0 Å². The van der Waals surface area contributed by atoms with Gasteiger partial charge in [-0.2, -0.15) is 10.5 Å². The molecule has 90 valence electrons. The first-order valence-electron chi connectivity index (χ1n) is 5.37. The van der Waals surface area contributed by atoms with E-state index in [9.17, 15) is 5.11 Å². The van der Waals surface area contributed by atoms with E-state index in [2.05, 4.69) is 4.98 Å². The van der Waals surface area contributed by atoms with Crippen molar-refractivity contribution in [3.05, 3.63) is 30.1 Å². The summed E-state index contributed by atoms with van der Waals surface area (Å²) in [6, 6.07) is 9.46. The van der Waals surface area contributed by atoms with Crippen LogP contribution in [0.4, 0.5) is 5.82 Å². The molecule has 2 aromatic rings. The molecule has 2 aromatic heterocycles. The highest BCUT2D eigenvalue weighted by Gasteiger charge is 2.17. The SMILES string of the molecule is N#CCN(CC#N)c1nc2ccccn2c1CO. The Hall–Kier alpha value is -2.57. The molecule has 0 aliphatic carbocycles. The van der Waals surface area contributed by atoms with E-state index in [0.29, 0.717) is 17.2 Å². The van der Waals surface area contributed by atoms with E-state index in [1.807, 2.05) is 24.3 Å². The molecule has 2 rings (SSSR count). The summed E-state index contributed by atoms with van der Waals surface area (Å²) < 4.78 is 1.75. The standard InChI is InChI=1S/C12H11N5O/c13-4-7-16(8-5-14)12-10(9-18)17-6-2-1-3-11(17)15-12/h1-3,6,18H,7-9H2. The van der Waals surface area contributed by atoms with E-state index in [-0.39, 0.29) is 19.7 Å². The van der Waals surface area contributed by atoms with Gasteiger partial charge in [0, 0.05) is 6.20 Å². The molecule has 0 spiro atoms. The lowest BCUT2D eigenvalue weighted by atomic mass is 10.4. The molecule has 18 heavy (non-hydrogen) atoms. The van der Waals surface area contributed by atoms with Crippen molar-refractivity contribution >= 4 is 11.5 Å². The highest BCUT2D eigenvalue weighted by molar-refractivity contribution is 5.56. The monoisotopic (exact) mass is 241 g/mol. The van der Waals surface area contributed by atoms with Gasteiger partial charge >= 0.3 is 0 Å². The highest BCUT2D eigenvalue weighted by Crippen LogP contribution is 2.21. The first-order chi connectivity index (χ1) is 8.81. The van der Waals surface area contributed by atoms with Crippen LogP contribution in [0.3, 0.4) is 0 Å². The summed E-state index contributed by atoms with van der Waals surface area (Å²) in [7, 11) is 0. The molecule has 0 aliphatic heterocycles. The number of imidazole rings is 1. The lowest BCUT2D eigenvalue weighted by molar-refractivity contribution is 0.276. The van der Waals surface area contributed by atoms with E-state index in [0.717, 1.165) is 0 Å². The molecule has 0 amide bonds. The Bertz CT molecular complexity index is 618. The second kappa shape index (κ2) is 5.17. The van der Waals surface area contributed by atoms with Gasteiger partial charge in [-0.3, -0.25) is 4.40 Å². The van der Waals surface area contributed by atoms with Crippen LogP contribution in [-0.4, -0.2) is 27.6 Å². The predicted octanol–water partition coefficient (Wildman–Crippen LogP) is 0.680. The van der Waals surface area contributed by atoms with E-state index < -0.39 is 0 Å². The van der Waals surface area contributed by atoms with Crippen LogP contribution in [0, 0.1) is 22.7 Å². The van der Waals surface area contributed by atoms with Crippen molar-refractivity contribution in [2.45, 2.75) is 6.61 Å². The number of aromatic nitrogens is 2. The van der Waals surface area contributed by atoms with E-state index in [1.54, 1.807) is 21.6 Å². The first-order valence-corrected chi connectivity index (χ1v) is 5.37. The van der Waals surface area contributed by atoms with Crippen molar-refractivity contribution in [1.82, 2.24) is 9.38 Å². The molecule has 0 radical (unpaired) electrons. The molecule has 2 heterocycles. The molecule has 0 saturated carbocycles. The van der Waals surface area contributed by atoms with Crippen LogP contribution >= 0.6 is 0 Å². The summed E-state index contributed by atoms with van der Waals surface area (Å²) in [4.78, 5) is 5.89. The second-order valence-corrected chi connectivity index (χ2v) is 3.64. The van der Waals surface area contributed by atoms with Crippen molar-refractivity contribution in [2.75, 3.05) is 18.0 Å². The van der Waals surface area contributed by atoms with Gasteiger partial charge in [0.1, 0.15) is 18.7 Å². The molecular formula is C12H11N5O. The average molecular weight is 241 g/mol. The summed E-state index contributed by atoms with van der Waals surface area (Å²) >= 11 is 0. The molecule has 0 atom stereocenters. The third-order valence-corrected chi connectivity index (χ3v) is 2.58. The summed E-state index contributed by atoms with van der Waals surface area (Å²) in [6.45, 7) is -0.0806. The summed E-state index contributed by atoms with van der Waals surface area (Å²) in [5.41, 5.74) is 1.26. The van der Waals surface area contributed by atoms with Gasteiger partial charge in [0.25, 0.3) is 0 Å². The second-order valence-electron chi connectivity index (χ2n) is 3.64. The number of aliphatic hydroxyl groups excluding tert-OH is 1. The molecule has 0 bridgehead atoms. The fourth-order valence-electron chi connectivity index (χ4n) is 1.81. The Morgan fingerprint density at radius 3 is 2.61 bits per heavy atom. The maximum Gasteiger partial charge on any atom is 0.155 e. The van der Waals surface area contributed by atoms with Gasteiger partial charge in [0.15, 0.2) is 5.82 Å². The van der Waals surface area contributed by atoms with Crippen LogP contribution in [0.15, 0.2) is 24.4 Å². The average Bonchev–Trinajstić information content (AvgIpc) is 2.76. The minimum absolute atomic E-state index is 0.0600. The molecule has 6 nitrogen and oxygen atoms in total. The van der Waals surface area contributed by atoms with E-state index in [4.69, 9.17) is 10.5 Å². The van der Waals surface area contributed by atoms with Crippen molar-refractivity contribution in [2.24, 2.45) is 0 Å². The number of hydrogen-bond acceptors (Lipinski definition) is 5. The van der Waals surface area contributed by atoms with Crippen molar-refractivity contribution in [3.8, 4) is 12.1 Å². The van der Waals surface area contributed by atoms with Gasteiger partial charge in [-0.15, -0.1) is 0 Å². The summed E-state index contributed by atoms with van der Waals surface area (Å²) in [6.07, 6.45) is 1.79. The number of nitriles is 2. The normalized spacial score (nSPS) is 9.94. The lowest BCUT2D eigenvalue weighted by Crippen LogP contribution is -2.25. The minimum atomic E-state index is -0.201. The van der Waals surface area contributed by atoms with Crippen LogP contribution in [0.25, 0.3) is 5.65 Å². The smallest absolute Gasteiger partial charge is 0.155 e.